The molecule has 1 atom stereocenters. The molecule has 0 radical (unpaired) electrons. The Labute approximate surface area is 75.3 Å². The van der Waals surface area contributed by atoms with Crippen LogP contribution in [0.2, 0.25) is 0 Å². The van der Waals surface area contributed by atoms with Crippen molar-refractivity contribution in [2.45, 2.75) is 44.2 Å². The summed E-state index contributed by atoms with van der Waals surface area (Å²) in [5, 5.41) is 5.09. The minimum atomic E-state index is -1.49. The van der Waals surface area contributed by atoms with Crippen molar-refractivity contribution in [3.8, 4) is 0 Å². The van der Waals surface area contributed by atoms with Crippen molar-refractivity contribution in [1.82, 2.24) is 0 Å². The molecular formula is C8H16FNOS. The standard InChI is InChI=1S/C8H16FNOS/c9-8(7-12(10)11)5-3-1-2-4-6-8/h1-7,10H2. The Kier molecular flexibility index (Phi) is 3.65. The predicted octanol–water partition coefficient (Wildman–Crippen LogP) is 1.67. The van der Waals surface area contributed by atoms with Crippen molar-refractivity contribution in [3.05, 3.63) is 0 Å². The van der Waals surface area contributed by atoms with E-state index in [0.29, 0.717) is 12.8 Å². The molecule has 12 heavy (non-hydrogen) atoms. The van der Waals surface area contributed by atoms with Gasteiger partial charge in [0.05, 0.1) is 16.7 Å². The Hall–Kier alpha value is 0.0400. The van der Waals surface area contributed by atoms with E-state index >= 15 is 0 Å². The Bertz CT molecular complexity index is 166. The Balaban J connectivity index is 2.48. The van der Waals surface area contributed by atoms with Gasteiger partial charge in [0.25, 0.3) is 0 Å². The maximum atomic E-state index is 13.8. The summed E-state index contributed by atoms with van der Waals surface area (Å²) in [6, 6.07) is 0. The highest BCUT2D eigenvalue weighted by atomic mass is 32.2. The summed E-state index contributed by atoms with van der Waals surface area (Å²) < 4.78 is 24.5. The van der Waals surface area contributed by atoms with Crippen molar-refractivity contribution >= 4 is 11.0 Å². The monoisotopic (exact) mass is 193 g/mol. The third-order valence-electron chi connectivity index (χ3n) is 2.40. The smallest absolute Gasteiger partial charge is 0.123 e. The van der Waals surface area contributed by atoms with E-state index in [-0.39, 0.29) is 5.75 Å². The van der Waals surface area contributed by atoms with Gasteiger partial charge in [0, 0.05) is 0 Å². The van der Waals surface area contributed by atoms with Gasteiger partial charge in [-0.3, -0.25) is 5.14 Å². The van der Waals surface area contributed by atoms with E-state index in [0.717, 1.165) is 25.7 Å². The summed E-state index contributed by atoms with van der Waals surface area (Å²) in [6.45, 7) is 0. The normalized spacial score (nSPS) is 26.2. The molecule has 0 heterocycles. The van der Waals surface area contributed by atoms with E-state index in [9.17, 15) is 8.60 Å². The van der Waals surface area contributed by atoms with Gasteiger partial charge in [0.1, 0.15) is 5.67 Å². The van der Waals surface area contributed by atoms with E-state index in [1.54, 1.807) is 0 Å². The van der Waals surface area contributed by atoms with E-state index < -0.39 is 16.7 Å². The molecule has 1 rings (SSSR count). The second-order valence-corrected chi connectivity index (χ2v) is 4.64. The summed E-state index contributed by atoms with van der Waals surface area (Å²) in [4.78, 5) is 0. The van der Waals surface area contributed by atoms with Crippen LogP contribution in [0.3, 0.4) is 0 Å². The number of rotatable bonds is 2. The van der Waals surface area contributed by atoms with Crippen molar-refractivity contribution in [1.29, 1.82) is 0 Å². The number of halogens is 1. The van der Waals surface area contributed by atoms with Crippen molar-refractivity contribution in [3.63, 3.8) is 0 Å². The molecule has 0 aromatic heterocycles. The fraction of sp³-hybridized carbons (Fsp3) is 1.00. The van der Waals surface area contributed by atoms with E-state index in [2.05, 4.69) is 0 Å². The molecule has 1 unspecified atom stereocenters. The molecule has 0 aromatic rings. The summed E-state index contributed by atoms with van der Waals surface area (Å²) in [7, 11) is -1.49. The highest BCUT2D eigenvalue weighted by molar-refractivity contribution is 7.82. The van der Waals surface area contributed by atoms with Crippen LogP contribution in [0.5, 0.6) is 0 Å². The maximum Gasteiger partial charge on any atom is 0.123 e. The zero-order valence-electron chi connectivity index (χ0n) is 7.22. The first-order valence-electron chi connectivity index (χ1n) is 4.44. The Morgan fingerprint density at radius 2 is 1.75 bits per heavy atom. The summed E-state index contributed by atoms with van der Waals surface area (Å²) in [5.74, 6) is 0.0208. The lowest BCUT2D eigenvalue weighted by atomic mass is 9.99. The topological polar surface area (TPSA) is 43.1 Å². The zero-order valence-corrected chi connectivity index (χ0v) is 8.04. The first-order valence-corrected chi connectivity index (χ1v) is 5.82. The van der Waals surface area contributed by atoms with E-state index in [1.165, 1.54) is 0 Å². The van der Waals surface area contributed by atoms with Crippen molar-refractivity contribution in [2.75, 3.05) is 5.75 Å². The molecule has 0 aromatic carbocycles. The highest BCUT2D eigenvalue weighted by Crippen LogP contribution is 2.30. The molecule has 0 amide bonds. The van der Waals surface area contributed by atoms with Crippen LogP contribution in [-0.2, 0) is 11.0 Å². The Morgan fingerprint density at radius 3 is 2.17 bits per heavy atom. The molecule has 0 spiro atoms. The zero-order chi connectivity index (χ0) is 9.03. The number of hydrogen-bond donors (Lipinski definition) is 1. The third kappa shape index (κ3) is 3.19. The molecule has 72 valence electrons. The second kappa shape index (κ2) is 4.33. The van der Waals surface area contributed by atoms with Crippen LogP contribution < -0.4 is 5.14 Å². The van der Waals surface area contributed by atoms with Gasteiger partial charge in [-0.05, 0) is 12.8 Å². The van der Waals surface area contributed by atoms with Gasteiger partial charge in [-0.2, -0.15) is 0 Å². The molecule has 4 heteroatoms. The van der Waals surface area contributed by atoms with Crippen LogP contribution in [0.4, 0.5) is 4.39 Å². The minimum absolute atomic E-state index is 0.0208. The number of hydrogen-bond acceptors (Lipinski definition) is 1. The van der Waals surface area contributed by atoms with Gasteiger partial charge < -0.3 is 0 Å². The van der Waals surface area contributed by atoms with Crippen molar-refractivity contribution in [2.24, 2.45) is 5.14 Å². The second-order valence-electron chi connectivity index (χ2n) is 3.59. The van der Waals surface area contributed by atoms with Gasteiger partial charge in [-0.25, -0.2) is 8.60 Å². The summed E-state index contributed by atoms with van der Waals surface area (Å²) in [6.07, 6.45) is 5.10. The number of alkyl halides is 1. The molecule has 2 nitrogen and oxygen atoms in total. The SMILES string of the molecule is NS(=O)CC1(F)CCCCCC1. The largest absolute Gasteiger partial charge is 0.252 e. The molecule has 1 fully saturated rings. The third-order valence-corrected chi connectivity index (χ3v) is 3.20. The van der Waals surface area contributed by atoms with Crippen LogP contribution >= 0.6 is 0 Å². The van der Waals surface area contributed by atoms with Crippen LogP contribution in [0.1, 0.15) is 38.5 Å². The highest BCUT2D eigenvalue weighted by Gasteiger charge is 2.31. The maximum absolute atomic E-state index is 13.8. The lowest BCUT2D eigenvalue weighted by Crippen LogP contribution is -2.32. The van der Waals surface area contributed by atoms with Crippen LogP contribution in [-0.4, -0.2) is 15.6 Å². The molecule has 1 saturated carbocycles. The van der Waals surface area contributed by atoms with Gasteiger partial charge in [-0.1, -0.05) is 25.7 Å². The lowest BCUT2D eigenvalue weighted by molar-refractivity contribution is 0.170. The molecule has 2 N–H and O–H groups in total. The average molecular weight is 193 g/mol. The quantitative estimate of drug-likeness (QED) is 0.666. The van der Waals surface area contributed by atoms with Crippen molar-refractivity contribution < 1.29 is 8.60 Å². The van der Waals surface area contributed by atoms with Crippen LogP contribution in [0, 0.1) is 0 Å². The number of nitrogens with two attached hydrogens (primary N) is 1. The summed E-state index contributed by atoms with van der Waals surface area (Å²) >= 11 is 0. The molecular weight excluding hydrogens is 177 g/mol. The van der Waals surface area contributed by atoms with Gasteiger partial charge in [0.15, 0.2) is 0 Å². The van der Waals surface area contributed by atoms with Crippen LogP contribution in [0.25, 0.3) is 0 Å². The predicted molar refractivity (Wildman–Crippen MR) is 48.7 cm³/mol. The molecule has 0 bridgehead atoms. The minimum Gasteiger partial charge on any atom is -0.252 e. The van der Waals surface area contributed by atoms with Crippen LogP contribution in [0.15, 0.2) is 0 Å². The molecule has 0 saturated heterocycles. The first kappa shape index (κ1) is 10.1. The van der Waals surface area contributed by atoms with E-state index in [1.807, 2.05) is 0 Å². The fourth-order valence-corrected chi connectivity index (χ4v) is 2.56. The molecule has 1 aliphatic carbocycles. The average Bonchev–Trinajstić information content (AvgIpc) is 2.12. The Morgan fingerprint density at radius 1 is 1.25 bits per heavy atom. The van der Waals surface area contributed by atoms with E-state index in [4.69, 9.17) is 5.14 Å². The fourth-order valence-electron chi connectivity index (χ4n) is 1.76. The van der Waals surface area contributed by atoms with Gasteiger partial charge >= 0.3 is 0 Å². The molecule has 1 aliphatic rings. The summed E-state index contributed by atoms with van der Waals surface area (Å²) in [5.41, 5.74) is -1.24. The first-order chi connectivity index (χ1) is 5.62. The van der Waals surface area contributed by atoms with Gasteiger partial charge in [0.2, 0.25) is 0 Å². The molecule has 0 aliphatic heterocycles. The lowest BCUT2D eigenvalue weighted by Gasteiger charge is -2.21. The van der Waals surface area contributed by atoms with Gasteiger partial charge in [-0.15, -0.1) is 0 Å².